The van der Waals surface area contributed by atoms with E-state index in [0.717, 1.165) is 0 Å². The summed E-state index contributed by atoms with van der Waals surface area (Å²) in [5.41, 5.74) is 11.4. The number of carboxylic acid groups (broad SMARTS) is 2. The van der Waals surface area contributed by atoms with Crippen LogP contribution in [-0.4, -0.2) is 91.8 Å². The Balaban J connectivity index is 2.98. The van der Waals surface area contributed by atoms with E-state index < -0.39 is 66.4 Å². The first-order chi connectivity index (χ1) is 16.5. The van der Waals surface area contributed by atoms with Crippen molar-refractivity contribution in [1.82, 2.24) is 25.9 Å². The van der Waals surface area contributed by atoms with Gasteiger partial charge >= 0.3 is 11.9 Å². The Morgan fingerprint density at radius 1 is 1.03 bits per heavy atom. The molecule has 0 radical (unpaired) electrons. The van der Waals surface area contributed by atoms with E-state index in [2.05, 4.69) is 25.9 Å². The summed E-state index contributed by atoms with van der Waals surface area (Å²) in [5.74, 6) is -5.36. The van der Waals surface area contributed by atoms with Crippen molar-refractivity contribution in [2.24, 2.45) is 11.5 Å². The normalized spacial score (nSPS) is 15.2. The number of aromatic amines is 1. The van der Waals surface area contributed by atoms with E-state index in [-0.39, 0.29) is 12.8 Å². The van der Waals surface area contributed by atoms with E-state index >= 15 is 0 Å². The number of H-pyrrole nitrogens is 1. The average molecular weight is 500 g/mol. The molecule has 15 heteroatoms. The van der Waals surface area contributed by atoms with Crippen LogP contribution in [0.15, 0.2) is 12.5 Å². The molecule has 0 aliphatic heterocycles. The number of hydrogen-bond acceptors (Lipinski definition) is 9. The lowest BCUT2D eigenvalue weighted by molar-refractivity contribution is -0.143. The first kappa shape index (κ1) is 29.5. The highest BCUT2D eigenvalue weighted by atomic mass is 16.4. The number of aliphatic hydroxyl groups is 1. The van der Waals surface area contributed by atoms with Gasteiger partial charge in [-0.25, -0.2) is 9.78 Å². The summed E-state index contributed by atoms with van der Waals surface area (Å²) in [5, 5.41) is 35.2. The summed E-state index contributed by atoms with van der Waals surface area (Å²) >= 11 is 0. The van der Waals surface area contributed by atoms with Crippen molar-refractivity contribution in [3.05, 3.63) is 18.2 Å². The molecule has 0 spiro atoms. The second kappa shape index (κ2) is 14.6. The molecule has 1 rings (SSSR count). The quantitative estimate of drug-likeness (QED) is 0.102. The van der Waals surface area contributed by atoms with Crippen LogP contribution in [0.1, 0.15) is 38.3 Å². The Kier molecular flexibility index (Phi) is 12.3. The number of hydrogen-bond donors (Lipinski definition) is 9. The molecule has 0 saturated heterocycles. The topological polar surface area (TPSA) is 263 Å². The van der Waals surface area contributed by atoms with Gasteiger partial charge < -0.3 is 47.7 Å². The van der Waals surface area contributed by atoms with Gasteiger partial charge in [-0.05, 0) is 32.7 Å². The number of imidazole rings is 1. The Bertz CT molecular complexity index is 862. The SMILES string of the molecule is CC(O)C(NC(=O)C(Cc1cnc[nH]1)NC(=O)C(N)CC(=O)O)C(=O)NC(CCCCN)C(=O)O. The summed E-state index contributed by atoms with van der Waals surface area (Å²) < 4.78 is 0. The minimum atomic E-state index is -1.55. The number of rotatable bonds is 16. The molecule has 0 bridgehead atoms. The fourth-order valence-electron chi connectivity index (χ4n) is 3.06. The van der Waals surface area contributed by atoms with Crippen LogP contribution >= 0.6 is 0 Å². The van der Waals surface area contributed by atoms with E-state index in [1.54, 1.807) is 0 Å². The number of nitrogens with two attached hydrogens (primary N) is 2. The molecule has 5 unspecified atom stereocenters. The lowest BCUT2D eigenvalue weighted by Gasteiger charge is -2.26. The van der Waals surface area contributed by atoms with Crippen molar-refractivity contribution in [3.63, 3.8) is 0 Å². The first-order valence-electron chi connectivity index (χ1n) is 10.9. The Morgan fingerprint density at radius 3 is 2.20 bits per heavy atom. The predicted octanol–water partition coefficient (Wildman–Crippen LogP) is -3.20. The summed E-state index contributed by atoms with van der Waals surface area (Å²) in [7, 11) is 0. The monoisotopic (exact) mass is 499 g/mol. The molecule has 3 amide bonds. The molecule has 15 nitrogen and oxygen atoms in total. The van der Waals surface area contributed by atoms with Crippen LogP contribution in [0, 0.1) is 0 Å². The van der Waals surface area contributed by atoms with Crippen LogP contribution in [0.3, 0.4) is 0 Å². The van der Waals surface area contributed by atoms with E-state index in [4.69, 9.17) is 16.6 Å². The van der Waals surface area contributed by atoms with Crippen LogP contribution in [0.2, 0.25) is 0 Å². The maximum absolute atomic E-state index is 13.0. The number of carbonyl (C=O) groups excluding carboxylic acids is 3. The fourth-order valence-corrected chi connectivity index (χ4v) is 3.06. The van der Waals surface area contributed by atoms with Gasteiger partial charge in [0.1, 0.15) is 18.1 Å². The highest BCUT2D eigenvalue weighted by Crippen LogP contribution is 2.05. The number of aliphatic hydroxyl groups excluding tert-OH is 1. The largest absolute Gasteiger partial charge is 0.481 e. The van der Waals surface area contributed by atoms with Crippen molar-refractivity contribution >= 4 is 29.7 Å². The zero-order chi connectivity index (χ0) is 26.5. The van der Waals surface area contributed by atoms with E-state index in [1.165, 1.54) is 19.4 Å². The van der Waals surface area contributed by atoms with Crippen molar-refractivity contribution in [3.8, 4) is 0 Å². The Labute approximate surface area is 201 Å². The van der Waals surface area contributed by atoms with E-state index in [9.17, 15) is 34.2 Å². The van der Waals surface area contributed by atoms with Crippen molar-refractivity contribution in [2.45, 2.75) is 69.3 Å². The Morgan fingerprint density at radius 2 is 1.69 bits per heavy atom. The number of carboxylic acids is 2. The summed E-state index contributed by atoms with van der Waals surface area (Å²) in [6, 6.07) is -5.57. The molecule has 0 aromatic carbocycles. The van der Waals surface area contributed by atoms with Gasteiger partial charge in [0.2, 0.25) is 17.7 Å². The van der Waals surface area contributed by atoms with Gasteiger partial charge in [-0.15, -0.1) is 0 Å². The van der Waals surface area contributed by atoms with Gasteiger partial charge in [0.05, 0.1) is 24.9 Å². The van der Waals surface area contributed by atoms with Crippen molar-refractivity contribution in [2.75, 3.05) is 6.54 Å². The van der Waals surface area contributed by atoms with Gasteiger partial charge in [-0.1, -0.05) is 0 Å². The predicted molar refractivity (Wildman–Crippen MR) is 121 cm³/mol. The van der Waals surface area contributed by atoms with Crippen LogP contribution in [0.4, 0.5) is 0 Å². The molecule has 196 valence electrons. The number of aromatic nitrogens is 2. The number of unbranched alkanes of at least 4 members (excludes halogenated alkanes) is 1. The molecule has 1 aromatic rings. The third kappa shape index (κ3) is 10.5. The van der Waals surface area contributed by atoms with Crippen LogP contribution in [-0.2, 0) is 30.4 Å². The molecule has 0 aliphatic rings. The van der Waals surface area contributed by atoms with Gasteiger partial charge in [-0.3, -0.25) is 19.2 Å². The molecular formula is C20H33N7O8. The maximum atomic E-state index is 13.0. The van der Waals surface area contributed by atoms with E-state index in [0.29, 0.717) is 25.1 Å². The number of nitrogens with one attached hydrogen (secondary N) is 4. The molecule has 11 N–H and O–H groups in total. The fraction of sp³-hybridized carbons (Fsp3) is 0.600. The molecule has 0 aliphatic carbocycles. The van der Waals surface area contributed by atoms with Gasteiger partial charge in [0.25, 0.3) is 0 Å². The van der Waals surface area contributed by atoms with Crippen LogP contribution in [0.25, 0.3) is 0 Å². The zero-order valence-corrected chi connectivity index (χ0v) is 19.3. The maximum Gasteiger partial charge on any atom is 0.326 e. The standard InChI is InChI=1S/C20H33N7O8/c1-10(28)16(19(33)25-13(20(34)35)4-2-3-5-21)27-18(32)14(6-11-8-23-9-24-11)26-17(31)12(22)7-15(29)30/h8-10,12-14,16,28H,2-7,21-22H2,1H3,(H,23,24)(H,25,33)(H,26,31)(H,27,32)(H,29,30)(H,34,35). The highest BCUT2D eigenvalue weighted by molar-refractivity contribution is 5.95. The summed E-state index contributed by atoms with van der Waals surface area (Å²) in [4.78, 5) is 66.9. The molecule has 35 heavy (non-hydrogen) atoms. The lowest BCUT2D eigenvalue weighted by Crippen LogP contribution is -2.60. The summed E-state index contributed by atoms with van der Waals surface area (Å²) in [6.45, 7) is 1.58. The number of aliphatic carboxylic acids is 2. The Hall–Kier alpha value is -3.56. The van der Waals surface area contributed by atoms with Crippen LogP contribution in [0.5, 0.6) is 0 Å². The smallest absolute Gasteiger partial charge is 0.326 e. The average Bonchev–Trinajstić information content (AvgIpc) is 3.28. The number of amides is 3. The van der Waals surface area contributed by atoms with Crippen LogP contribution < -0.4 is 27.4 Å². The summed E-state index contributed by atoms with van der Waals surface area (Å²) in [6.07, 6.45) is 1.59. The lowest BCUT2D eigenvalue weighted by atomic mass is 10.1. The van der Waals surface area contributed by atoms with E-state index in [1.807, 2.05) is 0 Å². The second-order valence-corrected chi connectivity index (χ2v) is 7.96. The van der Waals surface area contributed by atoms with Crippen molar-refractivity contribution < 1.29 is 39.3 Å². The highest BCUT2D eigenvalue weighted by Gasteiger charge is 2.33. The number of carbonyl (C=O) groups is 5. The third-order valence-electron chi connectivity index (χ3n) is 4.97. The van der Waals surface area contributed by atoms with Gasteiger partial charge in [-0.2, -0.15) is 0 Å². The minimum Gasteiger partial charge on any atom is -0.481 e. The minimum absolute atomic E-state index is 0.0960. The second-order valence-electron chi connectivity index (χ2n) is 7.96. The molecule has 1 aromatic heterocycles. The molecule has 1 heterocycles. The third-order valence-corrected chi connectivity index (χ3v) is 4.97. The van der Waals surface area contributed by atoms with Gasteiger partial charge in [0.15, 0.2) is 0 Å². The molecule has 5 atom stereocenters. The zero-order valence-electron chi connectivity index (χ0n) is 19.3. The van der Waals surface area contributed by atoms with Crippen molar-refractivity contribution in [1.29, 1.82) is 0 Å². The molecule has 0 saturated carbocycles. The van der Waals surface area contributed by atoms with Gasteiger partial charge in [0, 0.05) is 18.3 Å². The first-order valence-corrected chi connectivity index (χ1v) is 10.9. The molecular weight excluding hydrogens is 466 g/mol. The molecule has 0 fully saturated rings. The number of nitrogens with zero attached hydrogens (tertiary/aromatic N) is 1.